The van der Waals surface area contributed by atoms with Gasteiger partial charge in [0.2, 0.25) is 5.91 Å². The number of guanidine groups is 1. The first kappa shape index (κ1) is 15.3. The first-order valence-electron chi connectivity index (χ1n) is 7.34. The lowest BCUT2D eigenvalue weighted by Crippen LogP contribution is -2.39. The maximum atomic E-state index is 11.8. The molecule has 1 aliphatic carbocycles. The average Bonchev–Trinajstić information content (AvgIpc) is 3.29. The normalized spacial score (nSPS) is 14.7. The number of aromatic nitrogens is 1. The average molecular weight is 289 g/mol. The van der Waals surface area contributed by atoms with Crippen molar-refractivity contribution >= 4 is 17.7 Å². The number of pyridine rings is 1. The summed E-state index contributed by atoms with van der Waals surface area (Å²) < 4.78 is 0. The zero-order valence-electron chi connectivity index (χ0n) is 12.6. The molecule has 0 bridgehead atoms. The molecule has 0 unspecified atom stereocenters. The molecule has 1 aliphatic rings. The molecule has 1 saturated carbocycles. The van der Waals surface area contributed by atoms with Crippen LogP contribution in [0.25, 0.3) is 0 Å². The number of aryl methyl sites for hydroxylation is 1. The number of amides is 1. The Morgan fingerprint density at radius 3 is 2.81 bits per heavy atom. The van der Waals surface area contributed by atoms with Gasteiger partial charge in [-0.1, -0.05) is 6.07 Å². The van der Waals surface area contributed by atoms with E-state index in [1.54, 1.807) is 19.3 Å². The third kappa shape index (κ3) is 5.81. The van der Waals surface area contributed by atoms with E-state index in [1.807, 2.05) is 13.0 Å². The Labute approximate surface area is 125 Å². The summed E-state index contributed by atoms with van der Waals surface area (Å²) in [5, 5.41) is 9.16. The highest BCUT2D eigenvalue weighted by Gasteiger charge is 2.20. The Morgan fingerprint density at radius 2 is 2.19 bits per heavy atom. The van der Waals surface area contributed by atoms with Gasteiger partial charge in [0.1, 0.15) is 5.82 Å². The minimum absolute atomic E-state index is 0.0588. The number of nitrogens with one attached hydrogen (secondary N) is 3. The fourth-order valence-corrected chi connectivity index (χ4v) is 1.83. The lowest BCUT2D eigenvalue weighted by atomic mass is 10.3. The first-order valence-corrected chi connectivity index (χ1v) is 7.34. The van der Waals surface area contributed by atoms with Crippen LogP contribution in [0.15, 0.2) is 23.3 Å². The highest BCUT2D eigenvalue weighted by atomic mass is 16.1. The number of nitrogens with zero attached hydrogens (tertiary/aromatic N) is 2. The molecule has 2 rings (SSSR count). The Balaban J connectivity index is 1.64. The summed E-state index contributed by atoms with van der Waals surface area (Å²) in [6, 6.07) is 3.72. The van der Waals surface area contributed by atoms with E-state index in [1.165, 1.54) is 12.8 Å². The minimum atomic E-state index is -0.0588. The molecule has 1 fully saturated rings. The number of hydrogen-bond acceptors (Lipinski definition) is 3. The molecule has 3 N–H and O–H groups in total. The van der Waals surface area contributed by atoms with Crippen LogP contribution in [0.5, 0.6) is 0 Å². The van der Waals surface area contributed by atoms with Gasteiger partial charge in [0.05, 0.1) is 0 Å². The van der Waals surface area contributed by atoms with E-state index in [4.69, 9.17) is 0 Å². The zero-order chi connectivity index (χ0) is 15.1. The van der Waals surface area contributed by atoms with Crippen molar-refractivity contribution in [3.05, 3.63) is 23.9 Å². The number of carbonyl (C=O) groups excluding carboxylic acids is 1. The fourth-order valence-electron chi connectivity index (χ4n) is 1.83. The van der Waals surface area contributed by atoms with Gasteiger partial charge in [0.25, 0.3) is 0 Å². The van der Waals surface area contributed by atoms with Crippen LogP contribution in [-0.4, -0.2) is 37.0 Å². The summed E-state index contributed by atoms with van der Waals surface area (Å²) in [5.74, 6) is 2.07. The van der Waals surface area contributed by atoms with E-state index in [-0.39, 0.29) is 5.91 Å². The van der Waals surface area contributed by atoms with Crippen LogP contribution in [0, 0.1) is 12.8 Å². The summed E-state index contributed by atoms with van der Waals surface area (Å²) in [4.78, 5) is 20.1. The highest BCUT2D eigenvalue weighted by Crippen LogP contribution is 2.27. The lowest BCUT2D eigenvalue weighted by molar-refractivity contribution is -0.116. The van der Waals surface area contributed by atoms with Gasteiger partial charge in [-0.25, -0.2) is 4.98 Å². The Bertz CT molecular complexity index is 493. The number of aliphatic imine (C=N–C) groups is 1. The van der Waals surface area contributed by atoms with Gasteiger partial charge >= 0.3 is 0 Å². The molecule has 0 aromatic carbocycles. The second-order valence-corrected chi connectivity index (χ2v) is 5.34. The van der Waals surface area contributed by atoms with E-state index < -0.39 is 0 Å². The molecule has 6 heteroatoms. The number of anilines is 1. The quantitative estimate of drug-likeness (QED) is 0.545. The van der Waals surface area contributed by atoms with Crippen LogP contribution in [0.3, 0.4) is 0 Å². The van der Waals surface area contributed by atoms with Crippen molar-refractivity contribution in [3.63, 3.8) is 0 Å². The molecule has 0 radical (unpaired) electrons. The molecule has 1 aromatic heterocycles. The van der Waals surface area contributed by atoms with E-state index in [0.29, 0.717) is 18.8 Å². The van der Waals surface area contributed by atoms with Crippen LogP contribution in [0.1, 0.15) is 24.8 Å². The summed E-state index contributed by atoms with van der Waals surface area (Å²) in [6.07, 6.45) is 4.71. The molecule has 114 valence electrons. The number of rotatable bonds is 6. The number of carbonyl (C=O) groups is 1. The lowest BCUT2D eigenvalue weighted by Gasteiger charge is -2.11. The molecular weight excluding hydrogens is 266 g/mol. The SMILES string of the molecule is CN=C(NCCC(=O)Nc1ccc(C)cn1)NCC1CC1. The molecule has 0 saturated heterocycles. The maximum absolute atomic E-state index is 11.8. The van der Waals surface area contributed by atoms with Crippen molar-refractivity contribution in [3.8, 4) is 0 Å². The third-order valence-electron chi connectivity index (χ3n) is 3.30. The second-order valence-electron chi connectivity index (χ2n) is 5.34. The highest BCUT2D eigenvalue weighted by molar-refractivity contribution is 5.90. The van der Waals surface area contributed by atoms with Gasteiger partial charge in [-0.05, 0) is 37.3 Å². The van der Waals surface area contributed by atoms with Gasteiger partial charge in [-0.15, -0.1) is 0 Å². The van der Waals surface area contributed by atoms with E-state index in [9.17, 15) is 4.79 Å². The van der Waals surface area contributed by atoms with E-state index >= 15 is 0 Å². The molecule has 0 aliphatic heterocycles. The monoisotopic (exact) mass is 289 g/mol. The minimum Gasteiger partial charge on any atom is -0.356 e. The van der Waals surface area contributed by atoms with Gasteiger partial charge < -0.3 is 16.0 Å². The predicted octanol–water partition coefficient (Wildman–Crippen LogP) is 1.29. The van der Waals surface area contributed by atoms with Gasteiger partial charge in [0, 0.05) is 32.8 Å². The maximum Gasteiger partial charge on any atom is 0.227 e. The molecule has 1 amide bonds. The van der Waals surface area contributed by atoms with Crippen molar-refractivity contribution in [1.82, 2.24) is 15.6 Å². The van der Waals surface area contributed by atoms with Crippen LogP contribution in [0.2, 0.25) is 0 Å². The first-order chi connectivity index (χ1) is 10.2. The molecule has 0 atom stereocenters. The van der Waals surface area contributed by atoms with Crippen molar-refractivity contribution in [2.24, 2.45) is 10.9 Å². The van der Waals surface area contributed by atoms with Crippen molar-refractivity contribution < 1.29 is 4.79 Å². The Kier molecular flexibility index (Phi) is 5.54. The Morgan fingerprint density at radius 1 is 1.38 bits per heavy atom. The second kappa shape index (κ2) is 7.61. The molecule has 1 heterocycles. The van der Waals surface area contributed by atoms with Crippen LogP contribution < -0.4 is 16.0 Å². The Hall–Kier alpha value is -2.11. The summed E-state index contributed by atoms with van der Waals surface area (Å²) >= 11 is 0. The van der Waals surface area contributed by atoms with Crippen molar-refractivity contribution in [2.45, 2.75) is 26.2 Å². The molecule has 21 heavy (non-hydrogen) atoms. The van der Waals surface area contributed by atoms with Crippen LogP contribution >= 0.6 is 0 Å². The largest absolute Gasteiger partial charge is 0.356 e. The summed E-state index contributed by atoms with van der Waals surface area (Å²) in [6.45, 7) is 3.46. The smallest absolute Gasteiger partial charge is 0.227 e. The van der Waals surface area contributed by atoms with E-state index in [2.05, 4.69) is 25.9 Å². The predicted molar refractivity (Wildman–Crippen MR) is 84.3 cm³/mol. The molecule has 0 spiro atoms. The van der Waals surface area contributed by atoms with Crippen LogP contribution in [-0.2, 0) is 4.79 Å². The molecular formula is C15H23N5O. The van der Waals surface area contributed by atoms with Gasteiger partial charge in [0.15, 0.2) is 5.96 Å². The van der Waals surface area contributed by atoms with Gasteiger partial charge in [-0.2, -0.15) is 0 Å². The summed E-state index contributed by atoms with van der Waals surface area (Å²) in [5.41, 5.74) is 1.07. The standard InChI is InChI=1S/C15H23N5O/c1-11-3-6-13(18-9-11)20-14(21)7-8-17-15(16-2)19-10-12-4-5-12/h3,6,9,12H,4-5,7-8,10H2,1-2H3,(H2,16,17,19)(H,18,20,21). The van der Waals surface area contributed by atoms with Crippen molar-refractivity contribution in [2.75, 3.05) is 25.5 Å². The zero-order valence-corrected chi connectivity index (χ0v) is 12.6. The van der Waals surface area contributed by atoms with Gasteiger partial charge in [-0.3, -0.25) is 9.79 Å². The molecule has 1 aromatic rings. The van der Waals surface area contributed by atoms with Crippen molar-refractivity contribution in [1.29, 1.82) is 0 Å². The topological polar surface area (TPSA) is 78.4 Å². The van der Waals surface area contributed by atoms with Crippen LogP contribution in [0.4, 0.5) is 5.82 Å². The third-order valence-corrected chi connectivity index (χ3v) is 3.30. The number of hydrogen-bond donors (Lipinski definition) is 3. The fraction of sp³-hybridized carbons (Fsp3) is 0.533. The summed E-state index contributed by atoms with van der Waals surface area (Å²) in [7, 11) is 1.73. The van der Waals surface area contributed by atoms with E-state index in [0.717, 1.165) is 24.0 Å². The molecule has 6 nitrogen and oxygen atoms in total.